The van der Waals surface area contributed by atoms with E-state index in [0.717, 1.165) is 25.1 Å². The summed E-state index contributed by atoms with van der Waals surface area (Å²) in [4.78, 5) is 25.7. The summed E-state index contributed by atoms with van der Waals surface area (Å²) in [5.74, 6) is 1.34. The van der Waals surface area contributed by atoms with Crippen LogP contribution in [0.25, 0.3) is 0 Å². The summed E-state index contributed by atoms with van der Waals surface area (Å²) in [5.41, 5.74) is 0.346. The van der Waals surface area contributed by atoms with Crippen LogP contribution in [0.1, 0.15) is 41.9 Å². The van der Waals surface area contributed by atoms with Gasteiger partial charge in [0.2, 0.25) is 5.91 Å². The van der Waals surface area contributed by atoms with Crippen LogP contribution in [0.2, 0.25) is 0 Å². The third kappa shape index (κ3) is 3.30. The molecule has 2 amide bonds. The number of hydrogen-bond acceptors (Lipinski definition) is 5. The van der Waals surface area contributed by atoms with Crippen molar-refractivity contribution in [1.82, 2.24) is 20.7 Å². The zero-order chi connectivity index (χ0) is 15.7. The van der Waals surface area contributed by atoms with Gasteiger partial charge in [0.15, 0.2) is 5.69 Å². The van der Waals surface area contributed by atoms with Gasteiger partial charge in [-0.1, -0.05) is 12.1 Å². The molecule has 0 unspecified atom stereocenters. The predicted octanol–water partition coefficient (Wildman–Crippen LogP) is 0.348. The van der Waals surface area contributed by atoms with E-state index in [0.29, 0.717) is 30.6 Å². The molecule has 1 aromatic rings. The zero-order valence-electron chi connectivity index (χ0n) is 13.0. The highest BCUT2D eigenvalue weighted by Gasteiger charge is 2.33. The van der Waals surface area contributed by atoms with Crippen molar-refractivity contribution in [1.29, 1.82) is 0 Å². The van der Waals surface area contributed by atoms with Gasteiger partial charge in [0.25, 0.3) is 5.91 Å². The normalized spacial score (nSPS) is 25.2. The van der Waals surface area contributed by atoms with E-state index >= 15 is 0 Å². The minimum absolute atomic E-state index is 0.00949. The summed E-state index contributed by atoms with van der Waals surface area (Å²) < 4.78 is 5.22. The van der Waals surface area contributed by atoms with Gasteiger partial charge in [-0.2, -0.15) is 0 Å². The first-order valence-electron chi connectivity index (χ1n) is 7.77. The maximum Gasteiger partial charge on any atom is 0.273 e. The van der Waals surface area contributed by atoms with Crippen LogP contribution >= 0.6 is 0 Å². The molecule has 2 atom stereocenters. The van der Waals surface area contributed by atoms with E-state index in [1.165, 1.54) is 0 Å². The van der Waals surface area contributed by atoms with Crippen molar-refractivity contribution < 1.29 is 14.1 Å². The molecule has 7 nitrogen and oxygen atoms in total. The molecule has 1 aliphatic carbocycles. The van der Waals surface area contributed by atoms with Gasteiger partial charge in [0, 0.05) is 38.2 Å². The van der Waals surface area contributed by atoms with Gasteiger partial charge in [-0.15, -0.1) is 0 Å². The molecular weight excluding hydrogens is 284 g/mol. The standard InChI is InChI=1S/C15H22N4O3/c1-9-6-19(8-14(20)16-2)7-12(9)17-15(21)11-5-13(22-18-11)10-3-4-10/h5,9-10,12H,3-4,6-8H2,1-2H3,(H,16,20)(H,17,21)/t9-,12-/m1/s1. The first kappa shape index (κ1) is 15.0. The highest BCUT2D eigenvalue weighted by Crippen LogP contribution is 2.40. The molecule has 1 saturated carbocycles. The molecule has 0 radical (unpaired) electrons. The van der Waals surface area contributed by atoms with Crippen molar-refractivity contribution in [2.24, 2.45) is 5.92 Å². The topological polar surface area (TPSA) is 87.5 Å². The summed E-state index contributed by atoms with van der Waals surface area (Å²) >= 11 is 0. The summed E-state index contributed by atoms with van der Waals surface area (Å²) in [5, 5.41) is 9.48. The fraction of sp³-hybridized carbons (Fsp3) is 0.667. The smallest absolute Gasteiger partial charge is 0.273 e. The number of hydrogen-bond donors (Lipinski definition) is 2. The number of aromatic nitrogens is 1. The molecule has 2 N–H and O–H groups in total. The van der Waals surface area contributed by atoms with Crippen molar-refractivity contribution in [2.75, 3.05) is 26.7 Å². The summed E-state index contributed by atoms with van der Waals surface area (Å²) in [6.07, 6.45) is 2.23. The van der Waals surface area contributed by atoms with E-state index in [1.807, 2.05) is 4.90 Å². The number of likely N-dealkylation sites (tertiary alicyclic amines) is 1. The lowest BCUT2D eigenvalue weighted by atomic mass is 10.1. The van der Waals surface area contributed by atoms with E-state index in [4.69, 9.17) is 4.52 Å². The second-order valence-electron chi connectivity index (χ2n) is 6.31. The van der Waals surface area contributed by atoms with Crippen LogP contribution in [0.5, 0.6) is 0 Å². The van der Waals surface area contributed by atoms with Crippen molar-refractivity contribution in [3.63, 3.8) is 0 Å². The lowest BCUT2D eigenvalue weighted by Gasteiger charge is -2.16. The highest BCUT2D eigenvalue weighted by molar-refractivity contribution is 5.92. The molecule has 2 heterocycles. The molecule has 2 aliphatic rings. The lowest BCUT2D eigenvalue weighted by Crippen LogP contribution is -2.41. The third-order valence-corrected chi connectivity index (χ3v) is 4.39. The van der Waals surface area contributed by atoms with Gasteiger partial charge in [0.1, 0.15) is 5.76 Å². The lowest BCUT2D eigenvalue weighted by molar-refractivity contribution is -0.121. The molecule has 2 fully saturated rings. The number of nitrogens with zero attached hydrogens (tertiary/aromatic N) is 2. The second-order valence-corrected chi connectivity index (χ2v) is 6.31. The van der Waals surface area contributed by atoms with Crippen LogP contribution in [-0.4, -0.2) is 54.6 Å². The maximum absolute atomic E-state index is 12.3. The molecule has 3 rings (SSSR count). The molecule has 22 heavy (non-hydrogen) atoms. The summed E-state index contributed by atoms with van der Waals surface area (Å²) in [6, 6.07) is 1.77. The largest absolute Gasteiger partial charge is 0.360 e. The van der Waals surface area contributed by atoms with Crippen LogP contribution in [0.15, 0.2) is 10.6 Å². The molecule has 0 bridgehead atoms. The Morgan fingerprint density at radius 1 is 1.41 bits per heavy atom. The molecular formula is C15H22N4O3. The van der Waals surface area contributed by atoms with E-state index in [9.17, 15) is 9.59 Å². The van der Waals surface area contributed by atoms with E-state index in [-0.39, 0.29) is 17.9 Å². The quantitative estimate of drug-likeness (QED) is 0.819. The number of carbonyl (C=O) groups excluding carboxylic acids is 2. The van der Waals surface area contributed by atoms with Crippen molar-refractivity contribution in [3.8, 4) is 0 Å². The van der Waals surface area contributed by atoms with Gasteiger partial charge in [-0.3, -0.25) is 14.5 Å². The Morgan fingerprint density at radius 3 is 2.86 bits per heavy atom. The Hall–Kier alpha value is -1.89. The van der Waals surface area contributed by atoms with Crippen molar-refractivity contribution in [3.05, 3.63) is 17.5 Å². The summed E-state index contributed by atoms with van der Waals surface area (Å²) in [6.45, 7) is 3.91. The first-order chi connectivity index (χ1) is 10.6. The molecule has 1 saturated heterocycles. The molecule has 7 heteroatoms. The van der Waals surface area contributed by atoms with Crippen LogP contribution in [-0.2, 0) is 4.79 Å². The fourth-order valence-electron chi connectivity index (χ4n) is 2.87. The number of rotatable bonds is 5. The Kier molecular flexibility index (Phi) is 4.15. The SMILES string of the molecule is CNC(=O)CN1C[C@@H](C)[C@H](NC(=O)c2cc(C3CC3)on2)C1. The minimum atomic E-state index is -0.200. The minimum Gasteiger partial charge on any atom is -0.360 e. The average Bonchev–Trinajstić information content (AvgIpc) is 3.12. The molecule has 0 spiro atoms. The molecule has 0 aromatic carbocycles. The number of nitrogens with one attached hydrogen (secondary N) is 2. The molecule has 1 aromatic heterocycles. The Labute approximate surface area is 129 Å². The van der Waals surface area contributed by atoms with Gasteiger partial charge in [-0.05, 0) is 18.8 Å². The van der Waals surface area contributed by atoms with Gasteiger partial charge >= 0.3 is 0 Å². The fourth-order valence-corrected chi connectivity index (χ4v) is 2.87. The predicted molar refractivity (Wildman–Crippen MR) is 79.4 cm³/mol. The first-order valence-corrected chi connectivity index (χ1v) is 7.77. The van der Waals surface area contributed by atoms with Crippen LogP contribution in [0, 0.1) is 5.92 Å². The zero-order valence-corrected chi connectivity index (χ0v) is 13.0. The van der Waals surface area contributed by atoms with Gasteiger partial charge in [-0.25, -0.2) is 0 Å². The van der Waals surface area contributed by atoms with Gasteiger partial charge in [0.05, 0.1) is 6.54 Å². The Bertz CT molecular complexity index is 567. The van der Waals surface area contributed by atoms with Crippen molar-refractivity contribution in [2.45, 2.75) is 31.7 Å². The monoisotopic (exact) mass is 306 g/mol. The maximum atomic E-state index is 12.3. The van der Waals surface area contributed by atoms with Gasteiger partial charge < -0.3 is 15.2 Å². The van der Waals surface area contributed by atoms with E-state index in [2.05, 4.69) is 22.7 Å². The number of carbonyl (C=O) groups is 2. The van der Waals surface area contributed by atoms with E-state index < -0.39 is 0 Å². The second kappa shape index (κ2) is 6.08. The third-order valence-electron chi connectivity index (χ3n) is 4.39. The van der Waals surface area contributed by atoms with Crippen LogP contribution < -0.4 is 10.6 Å². The number of amides is 2. The average molecular weight is 306 g/mol. The van der Waals surface area contributed by atoms with Crippen LogP contribution in [0.3, 0.4) is 0 Å². The molecule has 120 valence electrons. The molecule has 1 aliphatic heterocycles. The Morgan fingerprint density at radius 2 is 2.18 bits per heavy atom. The van der Waals surface area contributed by atoms with Crippen LogP contribution in [0.4, 0.5) is 0 Å². The summed E-state index contributed by atoms with van der Waals surface area (Å²) in [7, 11) is 1.63. The number of likely N-dealkylation sites (N-methyl/N-ethyl adjacent to an activating group) is 1. The van der Waals surface area contributed by atoms with E-state index in [1.54, 1.807) is 13.1 Å². The highest BCUT2D eigenvalue weighted by atomic mass is 16.5. The van der Waals surface area contributed by atoms with Crippen molar-refractivity contribution >= 4 is 11.8 Å². The Balaban J connectivity index is 1.55.